The maximum Gasteiger partial charge on any atom is 0.336 e. The molecule has 5 heteroatoms. The highest BCUT2D eigenvalue weighted by molar-refractivity contribution is 5.82. The van der Waals surface area contributed by atoms with Crippen LogP contribution in [0, 0.1) is 5.92 Å². The Morgan fingerprint density at radius 3 is 2.84 bits per heavy atom. The van der Waals surface area contributed by atoms with Gasteiger partial charge in [0.1, 0.15) is 11.3 Å². The van der Waals surface area contributed by atoms with Gasteiger partial charge in [-0.2, -0.15) is 0 Å². The Hall–Kier alpha value is -2.30. The first kappa shape index (κ1) is 17.5. The third-order valence-electron chi connectivity index (χ3n) is 5.01. The molecule has 134 valence electrons. The molecule has 1 amide bonds. The number of carbonyl (C=O) groups excluding carboxylic acids is 1. The van der Waals surface area contributed by atoms with E-state index in [1.807, 2.05) is 13.0 Å². The van der Waals surface area contributed by atoms with Crippen molar-refractivity contribution in [3.8, 4) is 5.75 Å². The molecule has 0 spiro atoms. The molecule has 25 heavy (non-hydrogen) atoms. The van der Waals surface area contributed by atoms with Crippen LogP contribution in [0.15, 0.2) is 33.5 Å². The van der Waals surface area contributed by atoms with E-state index < -0.39 is 0 Å². The number of hydrogen-bond donors (Lipinski definition) is 1. The minimum Gasteiger partial charge on any atom is -0.484 e. The van der Waals surface area contributed by atoms with E-state index in [4.69, 9.17) is 9.15 Å². The number of carbonyl (C=O) groups is 1. The molecule has 0 saturated heterocycles. The molecule has 0 radical (unpaired) electrons. The Balaban J connectivity index is 1.64. The topological polar surface area (TPSA) is 68.5 Å². The van der Waals surface area contributed by atoms with Crippen LogP contribution >= 0.6 is 0 Å². The van der Waals surface area contributed by atoms with Crippen LogP contribution in [0.3, 0.4) is 0 Å². The first-order valence-corrected chi connectivity index (χ1v) is 9.05. The van der Waals surface area contributed by atoms with Crippen LogP contribution in [0.1, 0.15) is 45.1 Å². The third kappa shape index (κ3) is 4.21. The van der Waals surface area contributed by atoms with Gasteiger partial charge < -0.3 is 14.5 Å². The molecule has 2 atom stereocenters. The molecule has 0 unspecified atom stereocenters. The van der Waals surface area contributed by atoms with Gasteiger partial charge in [-0.1, -0.05) is 26.7 Å². The van der Waals surface area contributed by atoms with Crippen molar-refractivity contribution in [1.82, 2.24) is 5.32 Å². The molecule has 3 rings (SSSR count). The lowest BCUT2D eigenvalue weighted by Crippen LogP contribution is -2.43. The molecule has 1 N–H and O–H groups in total. The van der Waals surface area contributed by atoms with Gasteiger partial charge in [-0.25, -0.2) is 4.79 Å². The monoisotopic (exact) mass is 343 g/mol. The quantitative estimate of drug-likeness (QED) is 0.845. The lowest BCUT2D eigenvalue weighted by molar-refractivity contribution is -0.124. The Bertz CT molecular complexity index is 811. The second-order valence-electron chi connectivity index (χ2n) is 6.83. The Morgan fingerprint density at radius 1 is 1.28 bits per heavy atom. The zero-order valence-electron chi connectivity index (χ0n) is 14.8. The molecule has 1 aromatic carbocycles. The molecule has 0 bridgehead atoms. The minimum absolute atomic E-state index is 0.0353. The molecule has 2 aromatic rings. The summed E-state index contributed by atoms with van der Waals surface area (Å²) in [6, 6.07) is 7.10. The number of hydrogen-bond acceptors (Lipinski definition) is 4. The van der Waals surface area contributed by atoms with Crippen LogP contribution in [0.5, 0.6) is 5.75 Å². The average Bonchev–Trinajstić information content (AvgIpc) is 2.60. The highest BCUT2D eigenvalue weighted by atomic mass is 16.5. The van der Waals surface area contributed by atoms with Crippen molar-refractivity contribution in [2.75, 3.05) is 6.61 Å². The molecule has 5 nitrogen and oxygen atoms in total. The molecule has 1 aliphatic rings. The normalized spacial score (nSPS) is 20.4. The minimum atomic E-state index is -0.370. The number of ether oxygens (including phenoxy) is 1. The Labute approximate surface area is 147 Å². The summed E-state index contributed by atoms with van der Waals surface area (Å²) in [5, 5.41) is 3.96. The van der Waals surface area contributed by atoms with E-state index in [1.54, 1.807) is 12.1 Å². The van der Waals surface area contributed by atoms with Gasteiger partial charge in [-0.3, -0.25) is 4.79 Å². The van der Waals surface area contributed by atoms with Gasteiger partial charge in [-0.15, -0.1) is 0 Å². The fourth-order valence-corrected chi connectivity index (χ4v) is 3.52. The number of benzene rings is 1. The van der Waals surface area contributed by atoms with E-state index in [9.17, 15) is 9.59 Å². The summed E-state index contributed by atoms with van der Waals surface area (Å²) in [6.45, 7) is 4.14. The van der Waals surface area contributed by atoms with E-state index in [-0.39, 0.29) is 24.2 Å². The number of rotatable bonds is 5. The molecule has 0 aliphatic heterocycles. The second-order valence-corrected chi connectivity index (χ2v) is 6.83. The maximum absolute atomic E-state index is 12.1. The fourth-order valence-electron chi connectivity index (χ4n) is 3.52. The Morgan fingerprint density at radius 2 is 2.08 bits per heavy atom. The summed E-state index contributed by atoms with van der Waals surface area (Å²) >= 11 is 0. The molecular weight excluding hydrogens is 318 g/mol. The predicted molar refractivity (Wildman–Crippen MR) is 96.9 cm³/mol. The number of nitrogens with one attached hydrogen (secondary N) is 1. The van der Waals surface area contributed by atoms with Crippen molar-refractivity contribution >= 4 is 16.9 Å². The number of aryl methyl sites for hydroxylation is 1. The van der Waals surface area contributed by atoms with Crippen LogP contribution in [0.2, 0.25) is 0 Å². The highest BCUT2D eigenvalue weighted by Crippen LogP contribution is 2.24. The summed E-state index contributed by atoms with van der Waals surface area (Å²) < 4.78 is 10.8. The van der Waals surface area contributed by atoms with Gasteiger partial charge in [0, 0.05) is 23.6 Å². The second kappa shape index (κ2) is 7.72. The van der Waals surface area contributed by atoms with E-state index in [2.05, 4.69) is 12.2 Å². The van der Waals surface area contributed by atoms with Crippen molar-refractivity contribution in [1.29, 1.82) is 0 Å². The van der Waals surface area contributed by atoms with Crippen molar-refractivity contribution < 1.29 is 13.9 Å². The van der Waals surface area contributed by atoms with Crippen LogP contribution in [-0.4, -0.2) is 18.6 Å². The third-order valence-corrected chi connectivity index (χ3v) is 5.01. The molecule has 1 fully saturated rings. The van der Waals surface area contributed by atoms with E-state index in [1.165, 1.54) is 18.9 Å². The van der Waals surface area contributed by atoms with E-state index in [0.29, 0.717) is 17.3 Å². The zero-order chi connectivity index (χ0) is 17.8. The molecule has 1 heterocycles. The number of amides is 1. The van der Waals surface area contributed by atoms with E-state index >= 15 is 0 Å². The van der Waals surface area contributed by atoms with Crippen molar-refractivity contribution in [2.24, 2.45) is 5.92 Å². The Kier molecular flexibility index (Phi) is 5.41. The summed E-state index contributed by atoms with van der Waals surface area (Å²) in [5.41, 5.74) is 1.07. The molecule has 1 saturated carbocycles. The molecular formula is C20H25NO4. The SMILES string of the molecule is CCc1cc(=O)oc2cc(OCC(=O)N[C@H]3CCCC[C@H]3C)ccc12. The summed E-state index contributed by atoms with van der Waals surface area (Å²) in [4.78, 5) is 23.8. The van der Waals surface area contributed by atoms with Gasteiger partial charge >= 0.3 is 5.63 Å². The molecule has 1 aliphatic carbocycles. The van der Waals surface area contributed by atoms with Gasteiger partial charge in [-0.05, 0) is 42.9 Å². The lowest BCUT2D eigenvalue weighted by atomic mass is 9.86. The average molecular weight is 343 g/mol. The predicted octanol–water partition coefficient (Wildman–Crippen LogP) is 3.43. The van der Waals surface area contributed by atoms with Crippen molar-refractivity contribution in [3.63, 3.8) is 0 Å². The van der Waals surface area contributed by atoms with Gasteiger partial charge in [0.25, 0.3) is 5.91 Å². The highest BCUT2D eigenvalue weighted by Gasteiger charge is 2.22. The smallest absolute Gasteiger partial charge is 0.336 e. The van der Waals surface area contributed by atoms with E-state index in [0.717, 1.165) is 30.2 Å². The molecule has 1 aromatic heterocycles. The number of fused-ring (bicyclic) bond motifs is 1. The standard InChI is InChI=1S/C20H25NO4/c1-3-14-10-20(23)25-18-11-15(8-9-16(14)18)24-12-19(22)21-17-7-5-4-6-13(17)2/h8-11,13,17H,3-7,12H2,1-2H3,(H,21,22)/t13-,17+/m1/s1. The van der Waals surface area contributed by atoms with Crippen LogP contribution < -0.4 is 15.7 Å². The van der Waals surface area contributed by atoms with Gasteiger partial charge in [0.05, 0.1) is 0 Å². The fraction of sp³-hybridized carbons (Fsp3) is 0.500. The lowest BCUT2D eigenvalue weighted by Gasteiger charge is -2.29. The summed E-state index contributed by atoms with van der Waals surface area (Å²) in [7, 11) is 0. The van der Waals surface area contributed by atoms with Crippen LogP contribution in [0.4, 0.5) is 0 Å². The first-order valence-electron chi connectivity index (χ1n) is 9.05. The van der Waals surface area contributed by atoms with Gasteiger partial charge in [0.2, 0.25) is 0 Å². The summed E-state index contributed by atoms with van der Waals surface area (Å²) in [5.74, 6) is 0.929. The van der Waals surface area contributed by atoms with Crippen LogP contribution in [0.25, 0.3) is 11.0 Å². The van der Waals surface area contributed by atoms with Crippen LogP contribution in [-0.2, 0) is 11.2 Å². The summed E-state index contributed by atoms with van der Waals surface area (Å²) in [6.07, 6.45) is 5.36. The zero-order valence-corrected chi connectivity index (χ0v) is 14.8. The van der Waals surface area contributed by atoms with Crippen molar-refractivity contribution in [3.05, 3.63) is 40.2 Å². The van der Waals surface area contributed by atoms with Crippen molar-refractivity contribution in [2.45, 2.75) is 52.0 Å². The first-order chi connectivity index (χ1) is 12.1. The van der Waals surface area contributed by atoms with Gasteiger partial charge in [0.15, 0.2) is 6.61 Å². The maximum atomic E-state index is 12.1. The largest absolute Gasteiger partial charge is 0.484 e.